The minimum absolute atomic E-state index is 0. The van der Waals surface area contributed by atoms with E-state index in [1.165, 1.54) is 12.1 Å². The first-order valence-corrected chi connectivity index (χ1v) is 6.63. The van der Waals surface area contributed by atoms with E-state index in [0.29, 0.717) is 13.1 Å². The zero-order chi connectivity index (χ0) is 15.1. The molecule has 1 fully saturated rings. The summed E-state index contributed by atoms with van der Waals surface area (Å²) in [6, 6.07) is 3.35. The second-order valence-electron chi connectivity index (χ2n) is 6.29. The lowest BCUT2D eigenvalue weighted by Crippen LogP contribution is -2.40. The molecule has 1 aromatic carbocycles. The monoisotopic (exact) mass is 427 g/mol. The van der Waals surface area contributed by atoms with Crippen molar-refractivity contribution >= 4 is 55.6 Å². The van der Waals surface area contributed by atoms with E-state index in [9.17, 15) is 18.7 Å². The van der Waals surface area contributed by atoms with Gasteiger partial charge in [-0.05, 0) is 32.4 Å². The molecule has 0 aromatic heterocycles. The Labute approximate surface area is 165 Å². The molecule has 0 radical (unpaired) electrons. The lowest BCUT2D eigenvalue weighted by Gasteiger charge is -2.31. The number of nitrogens with zero attached hydrogens (tertiary/aromatic N) is 1. The Morgan fingerprint density at radius 1 is 1.12 bits per heavy atom. The quantitative estimate of drug-likeness (QED) is 0.750. The average molecular weight is 429 g/mol. The molecule has 0 aliphatic carbocycles. The molecule has 0 amide bonds. The lowest BCUT2D eigenvalue weighted by atomic mass is 9.88. The molecular formula is C15H23Cl4F2NO2. The molecule has 0 bridgehead atoms. The van der Waals surface area contributed by atoms with Crippen LogP contribution in [-0.4, -0.2) is 34.6 Å². The van der Waals surface area contributed by atoms with Crippen LogP contribution in [0.3, 0.4) is 0 Å². The summed E-state index contributed by atoms with van der Waals surface area (Å²) in [6.45, 7) is 6.82. The van der Waals surface area contributed by atoms with Crippen LogP contribution in [0.25, 0.3) is 0 Å². The molecule has 1 heterocycles. The van der Waals surface area contributed by atoms with Crippen molar-refractivity contribution in [3.05, 3.63) is 35.4 Å². The van der Waals surface area contributed by atoms with Crippen molar-refractivity contribution in [1.82, 2.24) is 4.90 Å². The molecule has 24 heavy (non-hydrogen) atoms. The Hall–Kier alpha value is -0.330. The van der Waals surface area contributed by atoms with Gasteiger partial charge in [-0.25, -0.2) is 8.78 Å². The largest absolute Gasteiger partial charge is 0.481 e. The summed E-state index contributed by atoms with van der Waals surface area (Å²) in [7, 11) is 0. The third kappa shape index (κ3) is 6.19. The standard InChI is InChI=1S/C15H19F2NO2.4ClH/c1-15(2,3)18-7-11(12(8-18)14(19)20)10-5-4-9(16)6-13(10)17;;;;/h4-6,11-12H,7-8H2,1-3H3,(H,19,20);4*1H/t11-,12+;;;;/m0..../s1. The van der Waals surface area contributed by atoms with Crippen molar-refractivity contribution in [2.75, 3.05) is 13.1 Å². The molecule has 9 heteroatoms. The maximum atomic E-state index is 13.9. The van der Waals surface area contributed by atoms with Crippen LogP contribution in [0.4, 0.5) is 8.78 Å². The lowest BCUT2D eigenvalue weighted by molar-refractivity contribution is -0.141. The van der Waals surface area contributed by atoms with Crippen molar-refractivity contribution < 1.29 is 18.7 Å². The first kappa shape index (κ1) is 28.5. The minimum atomic E-state index is -0.939. The van der Waals surface area contributed by atoms with E-state index < -0.39 is 29.4 Å². The summed E-state index contributed by atoms with van der Waals surface area (Å²) < 4.78 is 26.9. The van der Waals surface area contributed by atoms with Crippen LogP contribution in [0.15, 0.2) is 18.2 Å². The van der Waals surface area contributed by atoms with E-state index in [0.717, 1.165) is 6.07 Å². The van der Waals surface area contributed by atoms with Crippen LogP contribution in [0.5, 0.6) is 0 Å². The van der Waals surface area contributed by atoms with Crippen molar-refractivity contribution in [1.29, 1.82) is 0 Å². The molecule has 1 N–H and O–H groups in total. The molecule has 2 rings (SSSR count). The fourth-order valence-corrected chi connectivity index (χ4v) is 2.72. The number of halogens is 6. The number of carboxylic acid groups (broad SMARTS) is 1. The zero-order valence-electron chi connectivity index (χ0n) is 13.5. The molecule has 1 aromatic rings. The highest BCUT2D eigenvalue weighted by Gasteiger charge is 2.42. The van der Waals surface area contributed by atoms with Gasteiger partial charge in [0.15, 0.2) is 0 Å². The number of rotatable bonds is 2. The van der Waals surface area contributed by atoms with Gasteiger partial charge < -0.3 is 5.11 Å². The third-order valence-electron chi connectivity index (χ3n) is 3.95. The van der Waals surface area contributed by atoms with Gasteiger partial charge in [0.25, 0.3) is 0 Å². The van der Waals surface area contributed by atoms with E-state index in [1.54, 1.807) is 0 Å². The Balaban J connectivity index is -0.00000110. The Bertz CT molecular complexity index is 541. The second kappa shape index (κ2) is 10.6. The van der Waals surface area contributed by atoms with Gasteiger partial charge in [0, 0.05) is 30.6 Å². The fourth-order valence-electron chi connectivity index (χ4n) is 2.72. The summed E-state index contributed by atoms with van der Waals surface area (Å²) in [5.74, 6) is -3.38. The van der Waals surface area contributed by atoms with Crippen LogP contribution in [0.1, 0.15) is 32.3 Å². The molecule has 3 nitrogen and oxygen atoms in total. The molecule has 1 aliphatic heterocycles. The summed E-state index contributed by atoms with van der Waals surface area (Å²) in [5, 5.41) is 9.35. The smallest absolute Gasteiger partial charge is 0.308 e. The normalized spacial score (nSPS) is 20.0. The number of likely N-dealkylation sites (tertiary alicyclic amines) is 1. The van der Waals surface area contributed by atoms with Crippen LogP contribution >= 0.6 is 49.6 Å². The van der Waals surface area contributed by atoms with E-state index >= 15 is 0 Å². The highest BCUT2D eigenvalue weighted by Crippen LogP contribution is 2.37. The maximum Gasteiger partial charge on any atom is 0.308 e. The second-order valence-corrected chi connectivity index (χ2v) is 6.29. The third-order valence-corrected chi connectivity index (χ3v) is 3.95. The maximum absolute atomic E-state index is 13.9. The van der Waals surface area contributed by atoms with E-state index in [-0.39, 0.29) is 60.7 Å². The zero-order valence-corrected chi connectivity index (χ0v) is 16.8. The van der Waals surface area contributed by atoms with Gasteiger partial charge in [0.2, 0.25) is 0 Å². The molecule has 0 spiro atoms. The van der Waals surface area contributed by atoms with Crippen molar-refractivity contribution in [2.45, 2.75) is 32.2 Å². The van der Waals surface area contributed by atoms with E-state index in [1.807, 2.05) is 25.7 Å². The van der Waals surface area contributed by atoms with Crippen LogP contribution < -0.4 is 0 Å². The number of carboxylic acids is 1. The van der Waals surface area contributed by atoms with Crippen molar-refractivity contribution in [3.8, 4) is 0 Å². The molecule has 142 valence electrons. The van der Waals surface area contributed by atoms with Crippen LogP contribution in [0.2, 0.25) is 0 Å². The average Bonchev–Trinajstić information content (AvgIpc) is 2.73. The minimum Gasteiger partial charge on any atom is -0.481 e. The van der Waals surface area contributed by atoms with Crippen LogP contribution in [0, 0.1) is 17.6 Å². The van der Waals surface area contributed by atoms with Gasteiger partial charge in [-0.3, -0.25) is 9.69 Å². The summed E-state index contributed by atoms with van der Waals surface area (Å²) in [4.78, 5) is 13.4. The number of hydrogen-bond donors (Lipinski definition) is 1. The number of carbonyl (C=O) groups is 1. The number of hydrogen-bond acceptors (Lipinski definition) is 2. The highest BCUT2D eigenvalue weighted by atomic mass is 35.5. The topological polar surface area (TPSA) is 40.5 Å². The van der Waals surface area contributed by atoms with Crippen molar-refractivity contribution in [2.24, 2.45) is 5.92 Å². The number of benzene rings is 1. The van der Waals surface area contributed by atoms with Gasteiger partial charge in [0.05, 0.1) is 5.92 Å². The van der Waals surface area contributed by atoms with Gasteiger partial charge in [-0.15, -0.1) is 49.6 Å². The predicted octanol–water partition coefficient (Wildman–Crippen LogP) is 4.55. The van der Waals surface area contributed by atoms with E-state index in [2.05, 4.69) is 0 Å². The highest BCUT2D eigenvalue weighted by molar-refractivity contribution is 5.86. The van der Waals surface area contributed by atoms with Gasteiger partial charge in [0.1, 0.15) is 11.6 Å². The Morgan fingerprint density at radius 3 is 2.08 bits per heavy atom. The van der Waals surface area contributed by atoms with Crippen LogP contribution in [-0.2, 0) is 4.79 Å². The van der Waals surface area contributed by atoms with E-state index in [4.69, 9.17) is 0 Å². The first-order chi connectivity index (χ1) is 9.20. The first-order valence-electron chi connectivity index (χ1n) is 6.63. The summed E-state index contributed by atoms with van der Waals surface area (Å²) in [6.07, 6.45) is 0. The molecule has 1 aliphatic rings. The Kier molecular flexibility index (Phi) is 12.6. The SMILES string of the molecule is CC(C)(C)N1C[C@@H](C(=O)O)[C@H](c2ccc(F)cc2F)C1.Cl.Cl.Cl.Cl. The fraction of sp³-hybridized carbons (Fsp3) is 0.533. The summed E-state index contributed by atoms with van der Waals surface area (Å²) in [5.41, 5.74) is 0.101. The summed E-state index contributed by atoms with van der Waals surface area (Å²) >= 11 is 0. The van der Waals surface area contributed by atoms with Crippen molar-refractivity contribution in [3.63, 3.8) is 0 Å². The van der Waals surface area contributed by atoms with Gasteiger partial charge in [-0.2, -0.15) is 0 Å². The van der Waals surface area contributed by atoms with Gasteiger partial charge >= 0.3 is 5.97 Å². The molecule has 0 saturated carbocycles. The predicted molar refractivity (Wildman–Crippen MR) is 101 cm³/mol. The van der Waals surface area contributed by atoms with Gasteiger partial charge in [-0.1, -0.05) is 6.07 Å². The molecule has 0 unspecified atom stereocenters. The molecular weight excluding hydrogens is 406 g/mol. The Morgan fingerprint density at radius 2 is 1.67 bits per heavy atom. The molecule has 2 atom stereocenters. The number of aliphatic carboxylic acids is 1. The molecule has 1 saturated heterocycles.